The maximum atomic E-state index is 12.7. The summed E-state index contributed by atoms with van der Waals surface area (Å²) < 4.78 is 47.7. The number of hydrogen-bond acceptors (Lipinski definition) is 6. The maximum Gasteiger partial charge on any atom is 0.416 e. The van der Waals surface area contributed by atoms with Crippen LogP contribution in [0.4, 0.5) is 24.5 Å². The number of hydrogen-bond donors (Lipinski definition) is 2. The molecule has 0 radical (unpaired) electrons. The fourth-order valence-corrected chi connectivity index (χ4v) is 2.71. The van der Waals surface area contributed by atoms with Crippen molar-refractivity contribution < 1.29 is 41.8 Å². The molecule has 182 valence electrons. The summed E-state index contributed by atoms with van der Waals surface area (Å²) in [7, 11) is 0. The normalized spacial score (nSPS) is 10.8. The molecule has 0 saturated heterocycles. The molecular weight excluding hydrogens is 457 g/mol. The molecule has 0 aliphatic rings. The minimum absolute atomic E-state index is 0.00512. The number of carbonyl (C=O) groups is 4. The lowest BCUT2D eigenvalue weighted by molar-refractivity contribution is -0.147. The number of halogens is 3. The topological polar surface area (TPSA) is 111 Å². The van der Waals surface area contributed by atoms with Gasteiger partial charge in [0.2, 0.25) is 5.91 Å². The van der Waals surface area contributed by atoms with Crippen LogP contribution in [-0.4, -0.2) is 37.0 Å². The molecule has 2 aromatic carbocycles. The fraction of sp³-hybridized carbons (Fsp3) is 0.304. The van der Waals surface area contributed by atoms with Crippen LogP contribution in [0.2, 0.25) is 0 Å². The molecule has 2 rings (SSSR count). The Morgan fingerprint density at radius 3 is 2.18 bits per heavy atom. The summed E-state index contributed by atoms with van der Waals surface area (Å²) >= 11 is 0. The van der Waals surface area contributed by atoms with Gasteiger partial charge in [-0.05, 0) is 55.8 Å². The summed E-state index contributed by atoms with van der Waals surface area (Å²) in [4.78, 5) is 47.1. The van der Waals surface area contributed by atoms with Crippen molar-refractivity contribution in [3.05, 3.63) is 59.7 Å². The third-order valence-corrected chi connectivity index (χ3v) is 4.30. The van der Waals surface area contributed by atoms with E-state index < -0.39 is 36.2 Å². The predicted octanol–water partition coefficient (Wildman–Crippen LogP) is 4.17. The van der Waals surface area contributed by atoms with Crippen LogP contribution in [0.15, 0.2) is 48.5 Å². The molecule has 0 unspecified atom stereocenters. The number of esters is 2. The van der Waals surface area contributed by atoms with Gasteiger partial charge in [0.1, 0.15) is 0 Å². The van der Waals surface area contributed by atoms with E-state index in [9.17, 15) is 32.3 Å². The zero-order valence-electron chi connectivity index (χ0n) is 18.2. The summed E-state index contributed by atoms with van der Waals surface area (Å²) in [5.74, 6) is -2.36. The van der Waals surface area contributed by atoms with Crippen molar-refractivity contribution in [1.82, 2.24) is 0 Å². The molecule has 0 heterocycles. The number of carbonyl (C=O) groups excluding carboxylic acids is 4. The highest BCUT2D eigenvalue weighted by atomic mass is 19.4. The van der Waals surface area contributed by atoms with E-state index in [2.05, 4.69) is 10.6 Å². The highest BCUT2D eigenvalue weighted by Crippen LogP contribution is 2.30. The summed E-state index contributed by atoms with van der Waals surface area (Å²) in [5, 5.41) is 4.84. The minimum atomic E-state index is -4.55. The van der Waals surface area contributed by atoms with Gasteiger partial charge in [-0.2, -0.15) is 13.2 Å². The Bertz CT molecular complexity index is 1020. The van der Waals surface area contributed by atoms with Crippen LogP contribution in [0.25, 0.3) is 0 Å². The molecular formula is C23H23F3N2O6. The van der Waals surface area contributed by atoms with Gasteiger partial charge in [0.15, 0.2) is 6.61 Å². The van der Waals surface area contributed by atoms with Crippen LogP contribution >= 0.6 is 0 Å². The highest BCUT2D eigenvalue weighted by molar-refractivity contribution is 5.94. The molecule has 2 aromatic rings. The standard InChI is InChI=1S/C23H23F3N2O6/c1-2-33-22(32)15-9-11-17(12-10-15)27-19(29)7-4-8-21(31)34-14-20(30)28-18-6-3-5-16(13-18)23(24,25)26/h3,5-6,9-13H,2,4,7-8,14H2,1H3,(H,27,29)(H,28,30). The second kappa shape index (κ2) is 12.4. The van der Waals surface area contributed by atoms with Gasteiger partial charge in [0, 0.05) is 24.2 Å². The van der Waals surface area contributed by atoms with Gasteiger partial charge in [-0.15, -0.1) is 0 Å². The number of nitrogens with one attached hydrogen (secondary N) is 2. The second-order valence-corrected chi connectivity index (χ2v) is 6.99. The number of ether oxygens (including phenoxy) is 2. The van der Waals surface area contributed by atoms with E-state index in [4.69, 9.17) is 9.47 Å². The molecule has 0 spiro atoms. The van der Waals surface area contributed by atoms with Crippen LogP contribution in [-0.2, 0) is 30.0 Å². The van der Waals surface area contributed by atoms with Gasteiger partial charge < -0.3 is 20.1 Å². The molecule has 0 atom stereocenters. The van der Waals surface area contributed by atoms with Gasteiger partial charge >= 0.3 is 18.1 Å². The lowest BCUT2D eigenvalue weighted by Gasteiger charge is -2.10. The van der Waals surface area contributed by atoms with Gasteiger partial charge in [-0.3, -0.25) is 14.4 Å². The van der Waals surface area contributed by atoms with Crippen LogP contribution in [0.3, 0.4) is 0 Å². The molecule has 0 aliphatic carbocycles. The smallest absolute Gasteiger partial charge is 0.416 e. The first kappa shape index (κ1) is 26.4. The van der Waals surface area contributed by atoms with Crippen molar-refractivity contribution in [2.75, 3.05) is 23.8 Å². The molecule has 0 bridgehead atoms. The van der Waals surface area contributed by atoms with E-state index >= 15 is 0 Å². The fourth-order valence-electron chi connectivity index (χ4n) is 2.71. The van der Waals surface area contributed by atoms with Crippen LogP contribution in [0.1, 0.15) is 42.1 Å². The first-order chi connectivity index (χ1) is 16.1. The lowest BCUT2D eigenvalue weighted by atomic mass is 10.2. The largest absolute Gasteiger partial charge is 0.462 e. The zero-order chi connectivity index (χ0) is 25.1. The monoisotopic (exact) mass is 480 g/mol. The van der Waals surface area contributed by atoms with Crippen molar-refractivity contribution in [2.45, 2.75) is 32.4 Å². The molecule has 11 heteroatoms. The van der Waals surface area contributed by atoms with Crippen LogP contribution < -0.4 is 10.6 Å². The van der Waals surface area contributed by atoms with E-state index in [1.54, 1.807) is 19.1 Å². The molecule has 0 aliphatic heterocycles. The SMILES string of the molecule is CCOC(=O)c1ccc(NC(=O)CCCC(=O)OCC(=O)Nc2cccc(C(F)(F)F)c2)cc1. The van der Waals surface area contributed by atoms with Crippen molar-refractivity contribution in [3.8, 4) is 0 Å². The Kier molecular flexibility index (Phi) is 9.60. The number of rotatable bonds is 10. The van der Waals surface area contributed by atoms with E-state index in [1.165, 1.54) is 18.2 Å². The van der Waals surface area contributed by atoms with Gasteiger partial charge in [-0.25, -0.2) is 4.79 Å². The third-order valence-electron chi connectivity index (χ3n) is 4.30. The van der Waals surface area contributed by atoms with Crippen molar-refractivity contribution in [3.63, 3.8) is 0 Å². The Morgan fingerprint density at radius 1 is 0.853 bits per heavy atom. The van der Waals surface area contributed by atoms with E-state index in [0.717, 1.165) is 18.2 Å². The Morgan fingerprint density at radius 2 is 1.53 bits per heavy atom. The van der Waals surface area contributed by atoms with E-state index in [0.29, 0.717) is 11.3 Å². The van der Waals surface area contributed by atoms with E-state index in [1.807, 2.05) is 0 Å². The van der Waals surface area contributed by atoms with Gasteiger partial charge in [-0.1, -0.05) is 6.07 Å². The Labute approximate surface area is 193 Å². The Balaban J connectivity index is 1.68. The van der Waals surface area contributed by atoms with Gasteiger partial charge in [0.05, 0.1) is 17.7 Å². The van der Waals surface area contributed by atoms with Crippen molar-refractivity contribution in [2.24, 2.45) is 0 Å². The summed E-state index contributed by atoms with van der Waals surface area (Å²) in [5.41, 5.74) is -0.190. The predicted molar refractivity (Wildman–Crippen MR) is 116 cm³/mol. The van der Waals surface area contributed by atoms with Crippen LogP contribution in [0, 0.1) is 0 Å². The molecule has 2 amide bonds. The zero-order valence-corrected chi connectivity index (χ0v) is 18.2. The quantitative estimate of drug-likeness (QED) is 0.494. The van der Waals surface area contributed by atoms with Gasteiger partial charge in [0.25, 0.3) is 5.91 Å². The van der Waals surface area contributed by atoms with Crippen molar-refractivity contribution in [1.29, 1.82) is 0 Å². The summed E-state index contributed by atoms with van der Waals surface area (Å²) in [6.07, 6.45) is -4.52. The Hall–Kier alpha value is -3.89. The molecule has 0 fully saturated rings. The highest BCUT2D eigenvalue weighted by Gasteiger charge is 2.30. The first-order valence-electron chi connectivity index (χ1n) is 10.3. The van der Waals surface area contributed by atoms with Crippen molar-refractivity contribution >= 4 is 35.1 Å². The molecule has 34 heavy (non-hydrogen) atoms. The molecule has 0 saturated carbocycles. The van der Waals surface area contributed by atoms with Crippen LogP contribution in [0.5, 0.6) is 0 Å². The number of amides is 2. The summed E-state index contributed by atoms with van der Waals surface area (Å²) in [6.45, 7) is 1.27. The molecule has 8 nitrogen and oxygen atoms in total. The summed E-state index contributed by atoms with van der Waals surface area (Å²) in [6, 6.07) is 10.2. The lowest BCUT2D eigenvalue weighted by Crippen LogP contribution is -2.21. The average molecular weight is 480 g/mol. The number of anilines is 2. The number of benzene rings is 2. The maximum absolute atomic E-state index is 12.7. The molecule has 0 aromatic heterocycles. The first-order valence-corrected chi connectivity index (χ1v) is 10.3. The molecule has 2 N–H and O–H groups in total. The van der Waals surface area contributed by atoms with E-state index in [-0.39, 0.29) is 37.5 Å². The average Bonchev–Trinajstić information content (AvgIpc) is 2.78. The second-order valence-electron chi connectivity index (χ2n) is 6.99. The third kappa shape index (κ3) is 8.93. The minimum Gasteiger partial charge on any atom is -0.462 e. The number of alkyl halides is 3.